The highest BCUT2D eigenvalue weighted by molar-refractivity contribution is 7.47. The van der Waals surface area contributed by atoms with Crippen molar-refractivity contribution in [2.75, 3.05) is 6.61 Å². The van der Waals surface area contributed by atoms with E-state index in [2.05, 4.69) is 32.9 Å². The van der Waals surface area contributed by atoms with Gasteiger partial charge in [0.25, 0.3) is 0 Å². The Morgan fingerprint density at radius 3 is 2.17 bits per heavy atom. The zero-order valence-electron chi connectivity index (χ0n) is 22.2. The molecule has 0 amide bonds. The summed E-state index contributed by atoms with van der Waals surface area (Å²) < 4.78 is 22.7. The van der Waals surface area contributed by atoms with Gasteiger partial charge in [-0.15, -0.1) is 0 Å². The highest BCUT2D eigenvalue weighted by Gasteiger charge is 2.23. The first-order valence-electron chi connectivity index (χ1n) is 13.9. The first-order chi connectivity index (χ1) is 16.5. The summed E-state index contributed by atoms with van der Waals surface area (Å²) in [6.07, 6.45) is 24.2. The molecule has 1 rings (SSSR count). The first kappa shape index (κ1) is 34.4. The summed E-state index contributed by atoms with van der Waals surface area (Å²) in [6, 6.07) is 7.39. The Hall–Kier alpha value is -0.558. The van der Waals surface area contributed by atoms with E-state index in [9.17, 15) is 9.46 Å². The summed E-state index contributed by atoms with van der Waals surface area (Å²) in [6.45, 7) is 6.82. The third-order valence-corrected chi connectivity index (χ3v) is 7.23. The van der Waals surface area contributed by atoms with Gasteiger partial charge in [0.05, 0.1) is 6.61 Å². The van der Waals surface area contributed by atoms with Crippen LogP contribution >= 0.6 is 7.82 Å². The fourth-order valence-electron chi connectivity index (χ4n) is 4.04. The summed E-state index contributed by atoms with van der Waals surface area (Å²) in [4.78, 5) is 10.0. The third-order valence-electron chi connectivity index (χ3n) is 6.28. The van der Waals surface area contributed by atoms with Gasteiger partial charge >= 0.3 is 7.82 Å². The number of unbranched alkanes of at least 4 members (excludes halogenated alkanes) is 11. The van der Waals surface area contributed by atoms with Crippen LogP contribution in [0.15, 0.2) is 36.4 Å². The normalized spacial score (nSPS) is 13.9. The molecule has 0 saturated carbocycles. The maximum Gasteiger partial charge on any atom is 0.527 e. The minimum Gasteiger partial charge on any atom is -0.404 e. The highest BCUT2D eigenvalue weighted by atomic mass is 31.2. The highest BCUT2D eigenvalue weighted by Crippen LogP contribution is 2.44. The lowest BCUT2D eigenvalue weighted by Crippen LogP contribution is -2.04. The molecule has 1 aromatic carbocycles. The Bertz CT molecular complexity index is 695. The smallest absolute Gasteiger partial charge is 0.404 e. The molecule has 202 valence electrons. The van der Waals surface area contributed by atoms with Crippen LogP contribution in [-0.4, -0.2) is 28.9 Å². The van der Waals surface area contributed by atoms with E-state index >= 15 is 0 Å². The van der Waals surface area contributed by atoms with Crippen LogP contribution < -0.4 is 4.52 Å². The van der Waals surface area contributed by atoms with Crippen molar-refractivity contribution in [3.63, 3.8) is 0 Å². The fraction of sp³-hybridized carbons (Fsp3) is 0.724. The van der Waals surface area contributed by atoms with E-state index < -0.39 is 7.82 Å². The Labute approximate surface area is 227 Å². The molecule has 2 atom stereocenters. The second-order valence-electron chi connectivity index (χ2n) is 9.72. The van der Waals surface area contributed by atoms with Gasteiger partial charge in [-0.3, -0.25) is 9.42 Å². The van der Waals surface area contributed by atoms with Crippen LogP contribution in [-0.2, 0) is 15.5 Å². The lowest BCUT2D eigenvalue weighted by molar-refractivity contribution is 0.190. The SMILES string of the molecule is CCCCCCCCCCCCC=CCc1cccc(OP(=O)(O)OCCC(C)CCCC)c1.[AlH3]. The average molecular weight is 525 g/mol. The molecule has 6 heteroatoms. The summed E-state index contributed by atoms with van der Waals surface area (Å²) in [5.41, 5.74) is 1.06. The molecular weight excluding hydrogens is 470 g/mol. The number of phosphoric ester groups is 1. The molecule has 0 aliphatic carbocycles. The van der Waals surface area contributed by atoms with Gasteiger partial charge in [-0.05, 0) is 49.3 Å². The molecule has 1 aromatic rings. The first-order valence-corrected chi connectivity index (χ1v) is 15.4. The summed E-state index contributed by atoms with van der Waals surface area (Å²) in [7, 11) is -4.09. The predicted octanol–water partition coefficient (Wildman–Crippen LogP) is 8.62. The second-order valence-corrected chi connectivity index (χ2v) is 11.1. The molecule has 0 spiro atoms. The van der Waals surface area contributed by atoms with Crippen LogP contribution in [0.5, 0.6) is 5.75 Å². The Kier molecular flexibility index (Phi) is 22.3. The van der Waals surface area contributed by atoms with Crippen LogP contribution in [0.4, 0.5) is 0 Å². The maximum atomic E-state index is 12.3. The molecule has 0 aliphatic heterocycles. The van der Waals surface area contributed by atoms with Crippen molar-refractivity contribution in [1.29, 1.82) is 0 Å². The molecule has 0 radical (unpaired) electrons. The van der Waals surface area contributed by atoms with E-state index in [1.54, 1.807) is 6.07 Å². The van der Waals surface area contributed by atoms with Crippen molar-refractivity contribution in [3.8, 4) is 5.75 Å². The second kappa shape index (κ2) is 22.6. The van der Waals surface area contributed by atoms with E-state index in [0.29, 0.717) is 11.7 Å². The molecule has 0 saturated heterocycles. The molecule has 35 heavy (non-hydrogen) atoms. The standard InChI is InChI=1S/C29H51O4P.Al.3H/c1-4-6-8-9-10-11-12-13-14-15-16-17-18-21-28-22-19-23-29(26-28)33-34(30,31)32-25-24-27(3)20-7-5-2;;;;/h17-19,22-23,26-27H,4-16,20-21,24-25H2,1-3H3,(H,30,31);;;;. The van der Waals surface area contributed by atoms with E-state index in [1.165, 1.54) is 70.6 Å². The van der Waals surface area contributed by atoms with Gasteiger partial charge in [0.15, 0.2) is 17.4 Å². The minimum absolute atomic E-state index is 0. The summed E-state index contributed by atoms with van der Waals surface area (Å²) in [5, 5.41) is 0. The number of benzene rings is 1. The van der Waals surface area contributed by atoms with Gasteiger partial charge in [0.1, 0.15) is 5.75 Å². The molecule has 4 nitrogen and oxygen atoms in total. The quantitative estimate of drug-likeness (QED) is 0.0714. The van der Waals surface area contributed by atoms with Crippen molar-refractivity contribution in [3.05, 3.63) is 42.0 Å². The van der Waals surface area contributed by atoms with Crippen LogP contribution in [0.3, 0.4) is 0 Å². The molecule has 0 fully saturated rings. The van der Waals surface area contributed by atoms with Crippen molar-refractivity contribution >= 4 is 25.2 Å². The molecule has 1 N–H and O–H groups in total. The van der Waals surface area contributed by atoms with Crippen LogP contribution in [0.2, 0.25) is 0 Å². The molecular formula is C29H54AlO4P. The average Bonchev–Trinajstić information content (AvgIpc) is 2.80. The summed E-state index contributed by atoms with van der Waals surface area (Å²) in [5.74, 6) is 0.862. The Morgan fingerprint density at radius 1 is 0.886 bits per heavy atom. The van der Waals surface area contributed by atoms with Crippen molar-refractivity contribution in [1.82, 2.24) is 0 Å². The Balaban J connectivity index is 0.0000116. The predicted molar refractivity (Wildman–Crippen MR) is 155 cm³/mol. The van der Waals surface area contributed by atoms with Crippen molar-refractivity contribution in [2.45, 2.75) is 124 Å². The molecule has 0 heterocycles. The largest absolute Gasteiger partial charge is 0.527 e. The van der Waals surface area contributed by atoms with Gasteiger partial charge in [-0.25, -0.2) is 4.57 Å². The zero-order valence-corrected chi connectivity index (χ0v) is 23.1. The number of hydrogen-bond donors (Lipinski definition) is 1. The van der Waals surface area contributed by atoms with Crippen LogP contribution in [0.25, 0.3) is 0 Å². The van der Waals surface area contributed by atoms with Gasteiger partial charge in [-0.1, -0.05) is 122 Å². The van der Waals surface area contributed by atoms with Gasteiger partial charge < -0.3 is 4.52 Å². The monoisotopic (exact) mass is 524 g/mol. The number of allylic oxidation sites excluding steroid dienone is 2. The lowest BCUT2D eigenvalue weighted by atomic mass is 10.0. The Morgan fingerprint density at radius 2 is 1.51 bits per heavy atom. The molecule has 0 bridgehead atoms. The zero-order chi connectivity index (χ0) is 24.9. The van der Waals surface area contributed by atoms with Crippen molar-refractivity contribution in [2.24, 2.45) is 5.92 Å². The molecule has 2 unspecified atom stereocenters. The lowest BCUT2D eigenvalue weighted by Gasteiger charge is -2.15. The van der Waals surface area contributed by atoms with E-state index in [-0.39, 0.29) is 24.0 Å². The third kappa shape index (κ3) is 20.2. The van der Waals surface area contributed by atoms with E-state index in [1.807, 2.05) is 18.2 Å². The minimum atomic E-state index is -4.09. The van der Waals surface area contributed by atoms with Crippen molar-refractivity contribution < 1.29 is 18.5 Å². The number of rotatable bonds is 22. The molecule has 0 aliphatic rings. The van der Waals surface area contributed by atoms with Crippen LogP contribution in [0, 0.1) is 5.92 Å². The maximum absolute atomic E-state index is 12.3. The summed E-state index contributed by atoms with van der Waals surface area (Å²) >= 11 is 0. The topological polar surface area (TPSA) is 55.8 Å². The van der Waals surface area contributed by atoms with E-state index in [4.69, 9.17) is 9.05 Å². The van der Waals surface area contributed by atoms with Crippen LogP contribution in [0.1, 0.15) is 123 Å². The van der Waals surface area contributed by atoms with Gasteiger partial charge in [0, 0.05) is 0 Å². The number of hydrogen-bond acceptors (Lipinski definition) is 3. The molecule has 0 aromatic heterocycles. The fourth-order valence-corrected chi connectivity index (χ4v) is 4.81. The van der Waals surface area contributed by atoms with E-state index in [0.717, 1.165) is 37.7 Å². The van der Waals surface area contributed by atoms with Gasteiger partial charge in [-0.2, -0.15) is 0 Å². The van der Waals surface area contributed by atoms with Gasteiger partial charge in [0.2, 0.25) is 0 Å². The number of phosphoric acid groups is 1.